The van der Waals surface area contributed by atoms with Crippen LogP contribution in [0.1, 0.15) is 32.9 Å². The highest BCUT2D eigenvalue weighted by molar-refractivity contribution is 5.83. The van der Waals surface area contributed by atoms with Crippen LogP contribution in [0, 0.1) is 11.2 Å². The van der Waals surface area contributed by atoms with E-state index >= 15 is 0 Å². The number of aromatic nitrogens is 5. The molecule has 196 valence electrons. The molecule has 0 radical (unpaired) electrons. The number of halogens is 1. The van der Waals surface area contributed by atoms with Crippen molar-refractivity contribution in [3.63, 3.8) is 0 Å². The summed E-state index contributed by atoms with van der Waals surface area (Å²) in [6, 6.07) is 11.4. The Labute approximate surface area is 219 Å². The second-order valence-corrected chi connectivity index (χ2v) is 9.62. The van der Waals surface area contributed by atoms with Gasteiger partial charge in [-0.2, -0.15) is 0 Å². The number of H-pyrrole nitrogens is 1. The van der Waals surface area contributed by atoms with Gasteiger partial charge in [0.25, 0.3) is 0 Å². The third-order valence-corrected chi connectivity index (χ3v) is 5.99. The molecule has 0 aliphatic carbocycles. The maximum atomic E-state index is 13.7. The molecule has 5 rings (SSSR count). The van der Waals surface area contributed by atoms with Crippen LogP contribution in [0.2, 0.25) is 0 Å². The van der Waals surface area contributed by atoms with Crippen LogP contribution in [-0.4, -0.2) is 50.1 Å². The van der Waals surface area contributed by atoms with Gasteiger partial charge < -0.3 is 25.1 Å². The molecular weight excluding hydrogens is 489 g/mol. The number of nitrogens with zero attached hydrogens (tertiary/aromatic N) is 4. The molecule has 0 saturated carbocycles. The van der Waals surface area contributed by atoms with Gasteiger partial charge in [0, 0.05) is 35.9 Å². The number of amides is 1. The molecule has 11 heteroatoms. The summed E-state index contributed by atoms with van der Waals surface area (Å²) < 4.78 is 25.6. The summed E-state index contributed by atoms with van der Waals surface area (Å²) in [5.41, 5.74) is 2.34. The summed E-state index contributed by atoms with van der Waals surface area (Å²) in [5.74, 6) is 0.308. The van der Waals surface area contributed by atoms with E-state index in [1.54, 1.807) is 55.8 Å². The first-order valence-corrected chi connectivity index (χ1v) is 12.2. The van der Waals surface area contributed by atoms with Crippen LogP contribution >= 0.6 is 0 Å². The van der Waals surface area contributed by atoms with Crippen LogP contribution in [0.5, 0.6) is 0 Å². The van der Waals surface area contributed by atoms with Crippen molar-refractivity contribution >= 4 is 17.5 Å². The number of hydrogen-bond acceptors (Lipinski definition) is 8. The maximum Gasteiger partial charge on any atom is 0.230 e. The Bertz CT molecular complexity index is 1400. The van der Waals surface area contributed by atoms with Gasteiger partial charge in [-0.1, -0.05) is 0 Å². The smallest absolute Gasteiger partial charge is 0.230 e. The number of imidazole rings is 1. The molecule has 1 saturated heterocycles. The summed E-state index contributed by atoms with van der Waals surface area (Å²) in [6.07, 6.45) is 4.15. The number of rotatable bonds is 7. The minimum absolute atomic E-state index is 0.00810. The van der Waals surface area contributed by atoms with E-state index in [9.17, 15) is 9.18 Å². The van der Waals surface area contributed by atoms with E-state index in [0.717, 1.165) is 5.69 Å². The van der Waals surface area contributed by atoms with Gasteiger partial charge in [-0.15, -0.1) is 0 Å². The Morgan fingerprint density at radius 2 is 1.76 bits per heavy atom. The van der Waals surface area contributed by atoms with Crippen LogP contribution < -0.4 is 10.6 Å². The molecular formula is C27H28FN7O3. The number of carbonyl (C=O) groups excluding carboxylic acids is 1. The van der Waals surface area contributed by atoms with E-state index in [2.05, 4.69) is 30.6 Å². The predicted octanol–water partition coefficient (Wildman–Crippen LogP) is 4.39. The largest absolute Gasteiger partial charge is 0.353 e. The van der Waals surface area contributed by atoms with Gasteiger partial charge in [0.15, 0.2) is 5.82 Å². The van der Waals surface area contributed by atoms with Crippen molar-refractivity contribution in [2.75, 3.05) is 18.5 Å². The highest BCUT2D eigenvalue weighted by Gasteiger charge is 2.41. The van der Waals surface area contributed by atoms with Crippen LogP contribution in [0.3, 0.4) is 0 Å². The Hall–Kier alpha value is -4.22. The van der Waals surface area contributed by atoms with E-state index in [1.807, 2.05) is 13.8 Å². The number of nitrogens with one attached hydrogen (secondary N) is 3. The molecule has 1 amide bonds. The van der Waals surface area contributed by atoms with E-state index in [0.29, 0.717) is 34.4 Å². The number of ether oxygens (including phenoxy) is 2. The number of aromatic amines is 1. The van der Waals surface area contributed by atoms with Gasteiger partial charge in [-0.3, -0.25) is 9.78 Å². The summed E-state index contributed by atoms with van der Waals surface area (Å²) >= 11 is 0. The van der Waals surface area contributed by atoms with Crippen molar-refractivity contribution in [2.24, 2.45) is 5.41 Å². The van der Waals surface area contributed by atoms with Crippen molar-refractivity contribution in [1.29, 1.82) is 0 Å². The first kappa shape index (κ1) is 25.4. The SMILES string of the molecule is CC(C)NC(=O)C1(C)COC(c2nc(-c3ccc(F)cc3)c(-c3ccnc(Nc4ccncc4)n3)[nH]2)OC1. The molecule has 1 aliphatic rings. The van der Waals surface area contributed by atoms with Gasteiger partial charge in [-0.05, 0) is 63.2 Å². The van der Waals surface area contributed by atoms with Crippen molar-refractivity contribution in [1.82, 2.24) is 30.2 Å². The standard InChI is InChI=1S/C27H28FN7O3/c1-16(2)31-25(36)27(3)14-37-24(38-15-27)23-34-21(17-4-6-18(28)7-5-17)22(35-23)20-10-13-30-26(33-20)32-19-8-11-29-12-9-19/h4-13,16,24H,14-15H2,1-3H3,(H,31,36)(H,34,35)(H,29,30,32,33). The highest BCUT2D eigenvalue weighted by atomic mass is 19.1. The fourth-order valence-corrected chi connectivity index (χ4v) is 3.96. The average molecular weight is 518 g/mol. The van der Waals surface area contributed by atoms with Crippen molar-refractivity contribution in [2.45, 2.75) is 33.1 Å². The number of carbonyl (C=O) groups is 1. The summed E-state index contributed by atoms with van der Waals surface area (Å²) in [5, 5.41) is 6.06. The lowest BCUT2D eigenvalue weighted by Crippen LogP contribution is -2.50. The Morgan fingerprint density at radius 1 is 1.05 bits per heavy atom. The maximum absolute atomic E-state index is 13.7. The predicted molar refractivity (Wildman–Crippen MR) is 139 cm³/mol. The topological polar surface area (TPSA) is 127 Å². The molecule has 1 aromatic carbocycles. The Morgan fingerprint density at radius 3 is 2.45 bits per heavy atom. The molecule has 0 unspecified atom stereocenters. The molecule has 4 heterocycles. The minimum Gasteiger partial charge on any atom is -0.353 e. The zero-order valence-electron chi connectivity index (χ0n) is 21.2. The number of benzene rings is 1. The molecule has 0 spiro atoms. The van der Waals surface area contributed by atoms with E-state index in [1.165, 1.54) is 12.1 Å². The summed E-state index contributed by atoms with van der Waals surface area (Å²) in [4.78, 5) is 33.6. The third kappa shape index (κ3) is 5.53. The van der Waals surface area contributed by atoms with E-state index < -0.39 is 11.7 Å². The van der Waals surface area contributed by atoms with Gasteiger partial charge in [0.2, 0.25) is 18.1 Å². The summed E-state index contributed by atoms with van der Waals surface area (Å²) in [7, 11) is 0. The Balaban J connectivity index is 1.45. The molecule has 0 atom stereocenters. The lowest BCUT2D eigenvalue weighted by atomic mass is 9.90. The van der Waals surface area contributed by atoms with Crippen molar-refractivity contribution in [3.8, 4) is 22.6 Å². The van der Waals surface area contributed by atoms with Crippen LogP contribution in [0.4, 0.5) is 16.0 Å². The highest BCUT2D eigenvalue weighted by Crippen LogP contribution is 2.35. The van der Waals surface area contributed by atoms with Crippen molar-refractivity contribution in [3.05, 3.63) is 72.7 Å². The normalized spacial score (nSPS) is 19.3. The molecule has 3 aromatic heterocycles. The van der Waals surface area contributed by atoms with Gasteiger partial charge >= 0.3 is 0 Å². The molecule has 1 fully saturated rings. The fourth-order valence-electron chi connectivity index (χ4n) is 3.96. The van der Waals surface area contributed by atoms with E-state index in [4.69, 9.17) is 14.5 Å². The molecule has 0 bridgehead atoms. The molecule has 1 aliphatic heterocycles. The lowest BCUT2D eigenvalue weighted by Gasteiger charge is -2.35. The van der Waals surface area contributed by atoms with Crippen LogP contribution in [0.25, 0.3) is 22.6 Å². The monoisotopic (exact) mass is 517 g/mol. The van der Waals surface area contributed by atoms with Crippen LogP contribution in [-0.2, 0) is 14.3 Å². The zero-order valence-corrected chi connectivity index (χ0v) is 21.2. The van der Waals surface area contributed by atoms with Gasteiger partial charge in [0.1, 0.15) is 5.82 Å². The lowest BCUT2D eigenvalue weighted by molar-refractivity contribution is -0.231. The van der Waals surface area contributed by atoms with Gasteiger partial charge in [-0.25, -0.2) is 19.3 Å². The Kier molecular flexibility index (Phi) is 7.12. The van der Waals surface area contributed by atoms with Crippen molar-refractivity contribution < 1.29 is 18.7 Å². The average Bonchev–Trinajstić information content (AvgIpc) is 3.35. The number of hydrogen-bond donors (Lipinski definition) is 3. The number of pyridine rings is 1. The first-order valence-electron chi connectivity index (χ1n) is 12.2. The molecule has 10 nitrogen and oxygen atoms in total. The minimum atomic E-state index is -0.823. The van der Waals surface area contributed by atoms with Gasteiger partial charge in [0.05, 0.1) is 35.7 Å². The second-order valence-electron chi connectivity index (χ2n) is 9.62. The quantitative estimate of drug-likeness (QED) is 0.330. The van der Waals surface area contributed by atoms with Crippen LogP contribution in [0.15, 0.2) is 61.1 Å². The molecule has 3 N–H and O–H groups in total. The molecule has 4 aromatic rings. The second kappa shape index (κ2) is 10.6. The molecule has 38 heavy (non-hydrogen) atoms. The van der Waals surface area contributed by atoms with E-state index in [-0.39, 0.29) is 31.0 Å². The number of anilines is 2. The first-order chi connectivity index (χ1) is 18.3. The zero-order chi connectivity index (χ0) is 26.7. The third-order valence-electron chi connectivity index (χ3n) is 5.99. The fraction of sp³-hybridized carbons (Fsp3) is 0.296. The summed E-state index contributed by atoms with van der Waals surface area (Å²) in [6.45, 7) is 5.93.